The van der Waals surface area contributed by atoms with Gasteiger partial charge in [-0.05, 0) is 51.1 Å². The Hall–Kier alpha value is -2.67. The molecule has 27 heavy (non-hydrogen) atoms. The van der Waals surface area contributed by atoms with Crippen LogP contribution in [0.2, 0.25) is 0 Å². The third-order valence-electron chi connectivity index (χ3n) is 4.69. The van der Waals surface area contributed by atoms with Gasteiger partial charge in [0, 0.05) is 39.1 Å². The summed E-state index contributed by atoms with van der Waals surface area (Å²) in [5.41, 5.74) is 1.83. The lowest BCUT2D eigenvalue weighted by Gasteiger charge is -2.29. The lowest BCUT2D eigenvalue weighted by Crippen LogP contribution is -2.35. The van der Waals surface area contributed by atoms with Gasteiger partial charge in [-0.2, -0.15) is 0 Å². The van der Waals surface area contributed by atoms with Crippen LogP contribution in [-0.2, 0) is 0 Å². The summed E-state index contributed by atoms with van der Waals surface area (Å²) >= 11 is 0. The Morgan fingerprint density at radius 2 is 1.89 bits per heavy atom. The van der Waals surface area contributed by atoms with Crippen molar-refractivity contribution in [1.82, 2.24) is 14.9 Å². The molecule has 1 aliphatic rings. The second-order valence-corrected chi connectivity index (χ2v) is 7.16. The molecule has 0 bridgehead atoms. The van der Waals surface area contributed by atoms with Gasteiger partial charge < -0.3 is 19.9 Å². The van der Waals surface area contributed by atoms with E-state index in [2.05, 4.69) is 27.2 Å². The van der Waals surface area contributed by atoms with E-state index in [4.69, 9.17) is 4.74 Å². The molecule has 1 saturated heterocycles. The molecule has 2 heterocycles. The van der Waals surface area contributed by atoms with Gasteiger partial charge in [-0.25, -0.2) is 9.97 Å². The Labute approximate surface area is 160 Å². The Morgan fingerprint density at radius 3 is 2.48 bits per heavy atom. The summed E-state index contributed by atoms with van der Waals surface area (Å²) in [7, 11) is 5.86. The topological polar surface area (TPSA) is 70.6 Å². The third-order valence-corrected chi connectivity index (χ3v) is 4.69. The van der Waals surface area contributed by atoms with E-state index in [1.54, 1.807) is 11.1 Å². The smallest absolute Gasteiger partial charge is 0.259 e. The quantitative estimate of drug-likeness (QED) is 0.874. The van der Waals surface area contributed by atoms with E-state index in [1.807, 2.05) is 45.3 Å². The van der Waals surface area contributed by atoms with Crippen molar-refractivity contribution in [2.24, 2.45) is 0 Å². The number of likely N-dealkylation sites (tertiary alicyclic amines) is 1. The molecule has 0 atom stereocenters. The van der Waals surface area contributed by atoms with E-state index < -0.39 is 0 Å². The van der Waals surface area contributed by atoms with Gasteiger partial charge in [0.1, 0.15) is 11.9 Å². The highest BCUT2D eigenvalue weighted by Crippen LogP contribution is 2.21. The number of aryl methyl sites for hydroxylation is 1. The number of rotatable bonds is 5. The first-order valence-electron chi connectivity index (χ1n) is 9.20. The highest BCUT2D eigenvalue weighted by atomic mass is 16.5. The van der Waals surface area contributed by atoms with E-state index in [0.29, 0.717) is 22.9 Å². The van der Waals surface area contributed by atoms with E-state index in [-0.39, 0.29) is 12.0 Å². The van der Waals surface area contributed by atoms with Crippen LogP contribution in [0, 0.1) is 6.92 Å². The fraction of sp³-hybridized carbons (Fsp3) is 0.450. The zero-order chi connectivity index (χ0) is 19.4. The molecule has 1 aromatic heterocycles. The summed E-state index contributed by atoms with van der Waals surface area (Å²) in [6, 6.07) is 7.50. The van der Waals surface area contributed by atoms with Crippen LogP contribution in [0.4, 0.5) is 11.6 Å². The first kappa shape index (κ1) is 19.1. The largest absolute Gasteiger partial charge is 0.490 e. The molecule has 0 radical (unpaired) electrons. The van der Waals surface area contributed by atoms with Crippen LogP contribution in [-0.4, -0.2) is 61.1 Å². The third kappa shape index (κ3) is 4.95. The van der Waals surface area contributed by atoms with E-state index in [1.165, 1.54) is 0 Å². The van der Waals surface area contributed by atoms with Crippen molar-refractivity contribution in [3.05, 3.63) is 41.7 Å². The monoisotopic (exact) mass is 369 g/mol. The van der Waals surface area contributed by atoms with Crippen LogP contribution in [0.3, 0.4) is 0 Å². The molecule has 0 aliphatic carbocycles. The number of nitrogens with zero attached hydrogens (tertiary/aromatic N) is 4. The predicted octanol–water partition coefficient (Wildman–Crippen LogP) is 2.58. The molecule has 7 nitrogen and oxygen atoms in total. The van der Waals surface area contributed by atoms with Gasteiger partial charge in [0.15, 0.2) is 0 Å². The maximum absolute atomic E-state index is 12.5. The lowest BCUT2D eigenvalue weighted by molar-refractivity contribution is 0.102. The SMILES string of the molecule is Cc1nc(N(C)C)ncc1C(=O)Nc1ccc(OC2CCN(C)CC2)cc1. The fourth-order valence-electron chi connectivity index (χ4n) is 3.00. The summed E-state index contributed by atoms with van der Waals surface area (Å²) in [4.78, 5) is 25.2. The number of benzene rings is 1. The average molecular weight is 369 g/mol. The first-order chi connectivity index (χ1) is 12.9. The van der Waals surface area contributed by atoms with Crippen molar-refractivity contribution in [1.29, 1.82) is 0 Å². The van der Waals surface area contributed by atoms with Gasteiger partial charge in [-0.1, -0.05) is 0 Å². The van der Waals surface area contributed by atoms with Crippen LogP contribution in [0.25, 0.3) is 0 Å². The average Bonchev–Trinajstić information content (AvgIpc) is 2.65. The number of hydrogen-bond acceptors (Lipinski definition) is 6. The number of carbonyl (C=O) groups is 1. The maximum atomic E-state index is 12.5. The Bertz CT molecular complexity index is 783. The van der Waals surface area contributed by atoms with Crippen LogP contribution in [0.1, 0.15) is 28.9 Å². The van der Waals surface area contributed by atoms with Gasteiger partial charge in [0.05, 0.1) is 11.3 Å². The number of ether oxygens (including phenoxy) is 1. The fourth-order valence-corrected chi connectivity index (χ4v) is 3.00. The number of amides is 1. The second kappa shape index (κ2) is 8.35. The molecule has 3 rings (SSSR count). The van der Waals surface area contributed by atoms with Gasteiger partial charge in [-0.3, -0.25) is 4.79 Å². The van der Waals surface area contributed by atoms with E-state index >= 15 is 0 Å². The summed E-state index contributed by atoms with van der Waals surface area (Å²) in [6.45, 7) is 3.93. The molecule has 0 unspecified atom stereocenters. The van der Waals surface area contributed by atoms with Crippen molar-refractivity contribution in [3.63, 3.8) is 0 Å². The first-order valence-corrected chi connectivity index (χ1v) is 9.20. The van der Waals surface area contributed by atoms with Gasteiger partial charge in [-0.15, -0.1) is 0 Å². The molecule has 0 saturated carbocycles. The summed E-state index contributed by atoms with van der Waals surface area (Å²) in [5, 5.41) is 2.89. The molecular formula is C20H27N5O2. The van der Waals surface area contributed by atoms with Crippen molar-refractivity contribution in [2.45, 2.75) is 25.9 Å². The molecule has 1 aliphatic heterocycles. The zero-order valence-electron chi connectivity index (χ0n) is 16.4. The highest BCUT2D eigenvalue weighted by Gasteiger charge is 2.18. The molecule has 2 aromatic rings. The van der Waals surface area contributed by atoms with Gasteiger partial charge in [0.2, 0.25) is 5.95 Å². The molecule has 1 fully saturated rings. The minimum absolute atomic E-state index is 0.221. The van der Waals surface area contributed by atoms with Crippen molar-refractivity contribution < 1.29 is 9.53 Å². The minimum atomic E-state index is -0.221. The number of hydrogen-bond donors (Lipinski definition) is 1. The molecule has 7 heteroatoms. The minimum Gasteiger partial charge on any atom is -0.490 e. The Kier molecular flexibility index (Phi) is 5.91. The number of aromatic nitrogens is 2. The molecule has 0 spiro atoms. The normalized spacial score (nSPS) is 15.4. The van der Waals surface area contributed by atoms with Crippen LogP contribution in [0.15, 0.2) is 30.5 Å². The Morgan fingerprint density at radius 1 is 1.22 bits per heavy atom. The van der Waals surface area contributed by atoms with Crippen molar-refractivity contribution >= 4 is 17.5 Å². The zero-order valence-corrected chi connectivity index (χ0v) is 16.4. The molecule has 1 amide bonds. The number of piperidine rings is 1. The van der Waals surface area contributed by atoms with Crippen LogP contribution in [0.5, 0.6) is 5.75 Å². The van der Waals surface area contributed by atoms with Crippen molar-refractivity contribution in [2.75, 3.05) is 44.4 Å². The van der Waals surface area contributed by atoms with Crippen molar-refractivity contribution in [3.8, 4) is 5.75 Å². The van der Waals surface area contributed by atoms with Crippen LogP contribution < -0.4 is 15.0 Å². The highest BCUT2D eigenvalue weighted by molar-refractivity contribution is 6.04. The number of anilines is 2. The molecular weight excluding hydrogens is 342 g/mol. The predicted molar refractivity (Wildman–Crippen MR) is 107 cm³/mol. The van der Waals surface area contributed by atoms with Gasteiger partial charge in [0.25, 0.3) is 5.91 Å². The number of carbonyl (C=O) groups excluding carboxylic acids is 1. The Balaban J connectivity index is 1.60. The summed E-state index contributed by atoms with van der Waals surface area (Å²) < 4.78 is 6.04. The second-order valence-electron chi connectivity index (χ2n) is 7.16. The summed E-state index contributed by atoms with van der Waals surface area (Å²) in [5.74, 6) is 1.19. The summed E-state index contributed by atoms with van der Waals surface area (Å²) in [6.07, 6.45) is 3.90. The van der Waals surface area contributed by atoms with Crippen LogP contribution >= 0.6 is 0 Å². The maximum Gasteiger partial charge on any atom is 0.259 e. The lowest BCUT2D eigenvalue weighted by atomic mass is 10.1. The number of nitrogens with one attached hydrogen (secondary N) is 1. The van der Waals surface area contributed by atoms with E-state index in [9.17, 15) is 4.79 Å². The van der Waals surface area contributed by atoms with Gasteiger partial charge >= 0.3 is 0 Å². The molecule has 1 aromatic carbocycles. The molecule has 1 N–H and O–H groups in total. The molecule has 144 valence electrons. The standard InChI is InChI=1S/C20H27N5O2/c1-14-18(13-21-20(22-14)24(2)3)19(26)23-15-5-7-16(8-6-15)27-17-9-11-25(4)12-10-17/h5-8,13,17H,9-12H2,1-4H3,(H,23,26). The van der Waals surface area contributed by atoms with E-state index in [0.717, 1.165) is 31.7 Å².